The first-order valence-electron chi connectivity index (χ1n) is 7.96. The third-order valence-corrected chi connectivity index (χ3v) is 5.17. The first kappa shape index (κ1) is 15.2. The van der Waals surface area contributed by atoms with Gasteiger partial charge >= 0.3 is 0 Å². The van der Waals surface area contributed by atoms with Crippen LogP contribution in [0.4, 0.5) is 0 Å². The normalized spacial score (nSPS) is 15.4. The molecule has 1 aliphatic rings. The highest BCUT2D eigenvalue weighted by molar-refractivity contribution is 6.30. The van der Waals surface area contributed by atoms with Gasteiger partial charge in [0.15, 0.2) is 0 Å². The first-order valence-corrected chi connectivity index (χ1v) is 8.34. The van der Waals surface area contributed by atoms with Gasteiger partial charge in [0.05, 0.1) is 11.1 Å². The average molecular weight is 337 g/mol. The molecule has 4 heteroatoms. The molecule has 1 amide bonds. The van der Waals surface area contributed by atoms with Crippen molar-refractivity contribution in [2.24, 2.45) is 5.73 Å². The predicted molar refractivity (Wildman–Crippen MR) is 97.0 cm³/mol. The Labute approximate surface area is 145 Å². The minimum absolute atomic E-state index is 0.275. The van der Waals surface area contributed by atoms with E-state index in [1.807, 2.05) is 30.5 Å². The van der Waals surface area contributed by atoms with Gasteiger partial charge in [-0.25, -0.2) is 0 Å². The standard InChI is InChI=1S/C20H17ClN2O/c1-12-8-16(21)4-5-17(12)14-3-2-13-10-18(23-11-15(13)9-14)20(6-7-20)19(22)24/h2-5,8-11H,6-7H2,1H3,(H2,22,24). The molecule has 2 aromatic carbocycles. The summed E-state index contributed by atoms with van der Waals surface area (Å²) in [6.07, 6.45) is 3.42. The number of carbonyl (C=O) groups is 1. The van der Waals surface area contributed by atoms with Crippen LogP contribution in [0.5, 0.6) is 0 Å². The number of hydrogen-bond acceptors (Lipinski definition) is 2. The number of fused-ring (bicyclic) bond motifs is 1. The van der Waals surface area contributed by atoms with Crippen LogP contribution in [0, 0.1) is 6.92 Å². The van der Waals surface area contributed by atoms with E-state index in [1.54, 1.807) is 0 Å². The minimum Gasteiger partial charge on any atom is -0.369 e. The van der Waals surface area contributed by atoms with Gasteiger partial charge in [0.2, 0.25) is 5.91 Å². The molecular formula is C20H17ClN2O. The third kappa shape index (κ3) is 2.36. The summed E-state index contributed by atoms with van der Waals surface area (Å²) in [4.78, 5) is 16.2. The Hall–Kier alpha value is -2.39. The number of primary amides is 1. The van der Waals surface area contributed by atoms with Crippen molar-refractivity contribution in [2.75, 3.05) is 0 Å². The van der Waals surface area contributed by atoms with Gasteiger partial charge < -0.3 is 5.73 Å². The molecule has 0 atom stereocenters. The van der Waals surface area contributed by atoms with E-state index in [1.165, 1.54) is 0 Å². The summed E-state index contributed by atoms with van der Waals surface area (Å²) >= 11 is 6.04. The Bertz CT molecular complexity index is 977. The number of carbonyl (C=O) groups excluding carboxylic acids is 1. The van der Waals surface area contributed by atoms with Gasteiger partial charge in [-0.3, -0.25) is 9.78 Å². The Balaban J connectivity index is 1.78. The zero-order valence-corrected chi connectivity index (χ0v) is 14.1. The lowest BCUT2D eigenvalue weighted by atomic mass is 9.96. The number of halogens is 1. The zero-order chi connectivity index (χ0) is 16.9. The van der Waals surface area contributed by atoms with Crippen LogP contribution in [0.25, 0.3) is 21.9 Å². The molecule has 0 saturated heterocycles. The number of aryl methyl sites for hydroxylation is 1. The average Bonchev–Trinajstić information content (AvgIpc) is 3.36. The number of nitrogens with two attached hydrogens (primary N) is 1. The van der Waals surface area contributed by atoms with Gasteiger partial charge in [0.1, 0.15) is 0 Å². The highest BCUT2D eigenvalue weighted by Gasteiger charge is 2.51. The second-order valence-electron chi connectivity index (χ2n) is 6.54. The van der Waals surface area contributed by atoms with Crippen LogP contribution in [0.15, 0.2) is 48.7 Å². The number of nitrogens with zero attached hydrogens (tertiary/aromatic N) is 1. The Morgan fingerprint density at radius 1 is 1.12 bits per heavy atom. The molecule has 4 rings (SSSR count). The van der Waals surface area contributed by atoms with E-state index in [9.17, 15) is 4.79 Å². The maximum absolute atomic E-state index is 11.7. The summed E-state index contributed by atoms with van der Waals surface area (Å²) in [6.45, 7) is 2.05. The molecule has 0 spiro atoms. The SMILES string of the molecule is Cc1cc(Cl)ccc1-c1ccc2cc(C3(C(N)=O)CC3)ncc2c1. The molecule has 0 unspecified atom stereocenters. The quantitative estimate of drug-likeness (QED) is 0.771. The van der Waals surface area contributed by atoms with Crippen LogP contribution >= 0.6 is 11.6 Å². The van der Waals surface area contributed by atoms with Crippen molar-refractivity contribution in [1.29, 1.82) is 0 Å². The fourth-order valence-electron chi connectivity index (χ4n) is 3.28. The van der Waals surface area contributed by atoms with Gasteiger partial charge in [0, 0.05) is 16.6 Å². The Kier molecular flexibility index (Phi) is 3.36. The number of amides is 1. The van der Waals surface area contributed by atoms with Crippen molar-refractivity contribution < 1.29 is 4.79 Å². The molecule has 1 aliphatic carbocycles. The number of aromatic nitrogens is 1. The zero-order valence-electron chi connectivity index (χ0n) is 13.3. The molecule has 3 aromatic rings. The maximum Gasteiger partial charge on any atom is 0.229 e. The first-order chi connectivity index (χ1) is 11.5. The fraction of sp³-hybridized carbons (Fsp3) is 0.200. The molecule has 0 bridgehead atoms. The van der Waals surface area contributed by atoms with Crippen LogP contribution in [0.3, 0.4) is 0 Å². The Morgan fingerprint density at radius 2 is 1.92 bits per heavy atom. The van der Waals surface area contributed by atoms with Gasteiger partial charge in [-0.2, -0.15) is 0 Å². The molecule has 0 radical (unpaired) electrons. The summed E-state index contributed by atoms with van der Waals surface area (Å²) in [5.74, 6) is -0.275. The second kappa shape index (κ2) is 5.32. The lowest BCUT2D eigenvalue weighted by Crippen LogP contribution is -2.29. The molecule has 1 aromatic heterocycles. The molecule has 1 heterocycles. The van der Waals surface area contributed by atoms with Crippen molar-refractivity contribution in [3.8, 4) is 11.1 Å². The van der Waals surface area contributed by atoms with Crippen LogP contribution in [0.2, 0.25) is 5.02 Å². The Morgan fingerprint density at radius 3 is 2.58 bits per heavy atom. The van der Waals surface area contributed by atoms with E-state index in [4.69, 9.17) is 17.3 Å². The third-order valence-electron chi connectivity index (χ3n) is 4.93. The minimum atomic E-state index is -0.542. The summed E-state index contributed by atoms with van der Waals surface area (Å²) in [5, 5.41) is 2.86. The van der Waals surface area contributed by atoms with E-state index in [-0.39, 0.29) is 5.91 Å². The highest BCUT2D eigenvalue weighted by atomic mass is 35.5. The van der Waals surface area contributed by atoms with Gasteiger partial charge in [-0.1, -0.05) is 29.8 Å². The lowest BCUT2D eigenvalue weighted by molar-refractivity contribution is -0.120. The van der Waals surface area contributed by atoms with E-state index < -0.39 is 5.41 Å². The van der Waals surface area contributed by atoms with Crippen molar-refractivity contribution >= 4 is 28.3 Å². The van der Waals surface area contributed by atoms with Crippen molar-refractivity contribution in [2.45, 2.75) is 25.2 Å². The summed E-state index contributed by atoms with van der Waals surface area (Å²) in [6, 6.07) is 14.2. The number of pyridine rings is 1. The maximum atomic E-state index is 11.7. The monoisotopic (exact) mass is 336 g/mol. The molecule has 2 N–H and O–H groups in total. The molecular weight excluding hydrogens is 320 g/mol. The molecule has 1 saturated carbocycles. The van der Waals surface area contributed by atoms with E-state index in [0.29, 0.717) is 0 Å². The van der Waals surface area contributed by atoms with Crippen LogP contribution in [0.1, 0.15) is 24.1 Å². The number of benzene rings is 2. The summed E-state index contributed by atoms with van der Waals surface area (Å²) in [5.41, 5.74) is 9.21. The van der Waals surface area contributed by atoms with E-state index in [2.05, 4.69) is 30.1 Å². The topological polar surface area (TPSA) is 56.0 Å². The van der Waals surface area contributed by atoms with Gasteiger partial charge in [0.25, 0.3) is 0 Å². The van der Waals surface area contributed by atoms with E-state index >= 15 is 0 Å². The number of rotatable bonds is 3. The molecule has 1 fully saturated rings. The highest BCUT2D eigenvalue weighted by Crippen LogP contribution is 2.47. The second-order valence-corrected chi connectivity index (χ2v) is 6.97. The van der Waals surface area contributed by atoms with Crippen LogP contribution < -0.4 is 5.73 Å². The van der Waals surface area contributed by atoms with E-state index in [0.717, 1.165) is 51.0 Å². The molecule has 24 heavy (non-hydrogen) atoms. The van der Waals surface area contributed by atoms with Gasteiger partial charge in [-0.15, -0.1) is 0 Å². The van der Waals surface area contributed by atoms with Gasteiger partial charge in [-0.05, 0) is 66.1 Å². The number of hydrogen-bond donors (Lipinski definition) is 1. The molecule has 0 aliphatic heterocycles. The van der Waals surface area contributed by atoms with Crippen molar-refractivity contribution in [3.05, 3.63) is 64.9 Å². The predicted octanol–water partition coefficient (Wildman–Crippen LogP) is 4.38. The van der Waals surface area contributed by atoms with Crippen LogP contribution in [-0.4, -0.2) is 10.9 Å². The fourth-order valence-corrected chi connectivity index (χ4v) is 3.50. The van der Waals surface area contributed by atoms with Crippen LogP contribution in [-0.2, 0) is 10.2 Å². The lowest BCUT2D eigenvalue weighted by Gasteiger charge is -2.12. The molecule has 3 nitrogen and oxygen atoms in total. The smallest absolute Gasteiger partial charge is 0.229 e. The van der Waals surface area contributed by atoms with Crippen molar-refractivity contribution in [3.63, 3.8) is 0 Å². The van der Waals surface area contributed by atoms with Crippen molar-refractivity contribution in [1.82, 2.24) is 4.98 Å². The largest absolute Gasteiger partial charge is 0.369 e. The molecule has 120 valence electrons. The summed E-state index contributed by atoms with van der Waals surface area (Å²) < 4.78 is 0. The summed E-state index contributed by atoms with van der Waals surface area (Å²) in [7, 11) is 0.